The summed E-state index contributed by atoms with van der Waals surface area (Å²) in [5, 5.41) is 3.16. The number of nitrogens with one attached hydrogen (secondary N) is 1. The lowest BCUT2D eigenvalue weighted by molar-refractivity contribution is 0.0922. The number of rotatable bonds is 5. The molecule has 2 fully saturated rings. The van der Waals surface area contributed by atoms with Crippen molar-refractivity contribution in [1.82, 2.24) is 10.3 Å². The summed E-state index contributed by atoms with van der Waals surface area (Å²) in [5.74, 6) is 1.71. The minimum Gasteiger partial charge on any atom is -0.497 e. The van der Waals surface area contributed by atoms with Gasteiger partial charge in [-0.05, 0) is 49.2 Å². The number of amides is 1. The summed E-state index contributed by atoms with van der Waals surface area (Å²) in [4.78, 5) is 21.9. The number of anilines is 2. The number of pyridine rings is 1. The van der Waals surface area contributed by atoms with E-state index in [0.29, 0.717) is 11.7 Å². The Kier molecular flexibility index (Phi) is 6.17. The van der Waals surface area contributed by atoms with E-state index in [4.69, 9.17) is 4.74 Å². The molecular formula is C23H30N4O2. The van der Waals surface area contributed by atoms with Crippen molar-refractivity contribution in [3.05, 3.63) is 48.2 Å². The van der Waals surface area contributed by atoms with E-state index in [-0.39, 0.29) is 5.91 Å². The minimum atomic E-state index is -0.0457. The smallest absolute Gasteiger partial charge is 0.270 e. The van der Waals surface area contributed by atoms with E-state index >= 15 is 0 Å². The molecule has 2 aliphatic rings. The summed E-state index contributed by atoms with van der Waals surface area (Å²) in [6, 6.07) is 14.3. The number of nitrogens with zero attached hydrogens (tertiary/aromatic N) is 3. The first-order valence-electron chi connectivity index (χ1n) is 10.6. The first-order valence-corrected chi connectivity index (χ1v) is 10.6. The molecule has 1 aromatic carbocycles. The number of ether oxygens (including phenoxy) is 1. The van der Waals surface area contributed by atoms with Crippen LogP contribution in [0.25, 0.3) is 0 Å². The molecule has 4 rings (SSSR count). The summed E-state index contributed by atoms with van der Waals surface area (Å²) in [6.07, 6.45) is 5.86. The van der Waals surface area contributed by atoms with Crippen molar-refractivity contribution in [1.29, 1.82) is 0 Å². The molecule has 0 atom stereocenters. The average Bonchev–Trinajstić information content (AvgIpc) is 2.80. The second-order valence-corrected chi connectivity index (χ2v) is 7.86. The van der Waals surface area contributed by atoms with Gasteiger partial charge in [-0.15, -0.1) is 0 Å². The number of hydrogen-bond donors (Lipinski definition) is 1. The van der Waals surface area contributed by atoms with E-state index in [1.165, 1.54) is 24.9 Å². The third-order valence-electron chi connectivity index (χ3n) is 5.95. The highest BCUT2D eigenvalue weighted by Gasteiger charge is 2.21. The topological polar surface area (TPSA) is 57.7 Å². The zero-order chi connectivity index (χ0) is 20.1. The molecule has 154 valence electrons. The SMILES string of the molecule is COc1ccc(N2CCN(c3cccc(C(=O)NC4CCCCC4)n3)CC2)cc1. The Labute approximate surface area is 172 Å². The van der Waals surface area contributed by atoms with Gasteiger partial charge in [-0.25, -0.2) is 4.98 Å². The van der Waals surface area contributed by atoms with Crippen molar-refractivity contribution in [2.24, 2.45) is 0 Å². The van der Waals surface area contributed by atoms with Gasteiger partial charge in [0.05, 0.1) is 7.11 Å². The third-order valence-corrected chi connectivity index (χ3v) is 5.95. The fraction of sp³-hybridized carbons (Fsp3) is 0.478. The Hall–Kier alpha value is -2.76. The summed E-state index contributed by atoms with van der Waals surface area (Å²) in [6.45, 7) is 3.61. The van der Waals surface area contributed by atoms with Gasteiger partial charge in [0.15, 0.2) is 0 Å². The van der Waals surface area contributed by atoms with E-state index < -0.39 is 0 Å². The lowest BCUT2D eigenvalue weighted by Crippen LogP contribution is -2.47. The van der Waals surface area contributed by atoms with Gasteiger partial charge in [0.1, 0.15) is 17.3 Å². The van der Waals surface area contributed by atoms with Crippen LogP contribution in [-0.4, -0.2) is 50.2 Å². The number of methoxy groups -OCH3 is 1. The predicted octanol–water partition coefficient (Wildman–Crippen LogP) is 3.48. The van der Waals surface area contributed by atoms with Crippen molar-refractivity contribution in [2.45, 2.75) is 38.1 Å². The molecule has 2 heterocycles. The van der Waals surface area contributed by atoms with Gasteiger partial charge >= 0.3 is 0 Å². The second kappa shape index (κ2) is 9.16. The molecule has 1 N–H and O–H groups in total. The Morgan fingerprint density at radius 2 is 1.66 bits per heavy atom. The molecule has 0 spiro atoms. The molecule has 29 heavy (non-hydrogen) atoms. The first-order chi connectivity index (χ1) is 14.2. The summed E-state index contributed by atoms with van der Waals surface area (Å²) < 4.78 is 5.24. The van der Waals surface area contributed by atoms with E-state index in [1.807, 2.05) is 30.3 Å². The highest BCUT2D eigenvalue weighted by atomic mass is 16.5. The van der Waals surface area contributed by atoms with Gasteiger partial charge in [-0.1, -0.05) is 25.3 Å². The maximum absolute atomic E-state index is 12.6. The number of carbonyl (C=O) groups excluding carboxylic acids is 1. The lowest BCUT2D eigenvalue weighted by Gasteiger charge is -2.36. The molecule has 1 aromatic heterocycles. The maximum Gasteiger partial charge on any atom is 0.270 e. The van der Waals surface area contributed by atoms with Crippen LogP contribution in [0.4, 0.5) is 11.5 Å². The molecule has 0 bridgehead atoms. The molecular weight excluding hydrogens is 364 g/mol. The van der Waals surface area contributed by atoms with Crippen molar-refractivity contribution >= 4 is 17.4 Å². The van der Waals surface area contributed by atoms with Gasteiger partial charge in [0.25, 0.3) is 5.91 Å². The van der Waals surface area contributed by atoms with Crippen LogP contribution in [0.1, 0.15) is 42.6 Å². The van der Waals surface area contributed by atoms with Crippen LogP contribution in [0.5, 0.6) is 5.75 Å². The highest BCUT2D eigenvalue weighted by molar-refractivity contribution is 5.92. The summed E-state index contributed by atoms with van der Waals surface area (Å²) in [5.41, 5.74) is 1.73. The van der Waals surface area contributed by atoms with Crippen molar-refractivity contribution < 1.29 is 9.53 Å². The van der Waals surface area contributed by atoms with Gasteiger partial charge in [0, 0.05) is 37.9 Å². The zero-order valence-electron chi connectivity index (χ0n) is 17.1. The van der Waals surface area contributed by atoms with Crippen LogP contribution in [0.15, 0.2) is 42.5 Å². The molecule has 0 radical (unpaired) electrons. The fourth-order valence-corrected chi connectivity index (χ4v) is 4.22. The van der Waals surface area contributed by atoms with E-state index in [2.05, 4.69) is 32.2 Å². The number of aromatic nitrogens is 1. The number of benzene rings is 1. The summed E-state index contributed by atoms with van der Waals surface area (Å²) >= 11 is 0. The second-order valence-electron chi connectivity index (χ2n) is 7.86. The Balaban J connectivity index is 1.35. The van der Waals surface area contributed by atoms with Gasteiger partial charge in [0.2, 0.25) is 0 Å². The van der Waals surface area contributed by atoms with Crippen LogP contribution in [0.3, 0.4) is 0 Å². The monoisotopic (exact) mass is 394 g/mol. The maximum atomic E-state index is 12.6. The van der Waals surface area contributed by atoms with Crippen molar-refractivity contribution in [2.75, 3.05) is 43.1 Å². The standard InChI is InChI=1S/C23H30N4O2/c1-29-20-12-10-19(11-13-20)26-14-16-27(17-15-26)22-9-5-8-21(25-22)23(28)24-18-6-3-2-4-7-18/h5,8-13,18H,2-4,6-7,14-17H2,1H3,(H,24,28). The van der Waals surface area contributed by atoms with Crippen LogP contribution in [-0.2, 0) is 0 Å². The normalized spacial score (nSPS) is 17.8. The largest absolute Gasteiger partial charge is 0.497 e. The molecule has 1 saturated carbocycles. The van der Waals surface area contributed by atoms with Crippen LogP contribution in [0.2, 0.25) is 0 Å². The molecule has 1 amide bonds. The number of carbonyl (C=O) groups is 1. The van der Waals surface area contributed by atoms with E-state index in [1.54, 1.807) is 7.11 Å². The van der Waals surface area contributed by atoms with Crippen LogP contribution < -0.4 is 19.9 Å². The van der Waals surface area contributed by atoms with Gasteiger partial charge in [-0.2, -0.15) is 0 Å². The highest BCUT2D eigenvalue weighted by Crippen LogP contribution is 2.22. The van der Waals surface area contributed by atoms with Crippen molar-refractivity contribution in [3.8, 4) is 5.75 Å². The van der Waals surface area contributed by atoms with E-state index in [9.17, 15) is 4.79 Å². The average molecular weight is 395 g/mol. The molecule has 1 saturated heterocycles. The Morgan fingerprint density at radius 1 is 0.966 bits per heavy atom. The molecule has 1 aliphatic carbocycles. The molecule has 2 aromatic rings. The van der Waals surface area contributed by atoms with Crippen LogP contribution in [0, 0.1) is 0 Å². The first kappa shape index (κ1) is 19.6. The van der Waals surface area contributed by atoms with Gasteiger partial charge in [-0.3, -0.25) is 4.79 Å². The predicted molar refractivity (Wildman–Crippen MR) is 116 cm³/mol. The van der Waals surface area contributed by atoms with E-state index in [0.717, 1.165) is 50.6 Å². The molecule has 6 nitrogen and oxygen atoms in total. The zero-order valence-corrected chi connectivity index (χ0v) is 17.1. The Bertz CT molecular complexity index is 810. The quantitative estimate of drug-likeness (QED) is 0.841. The van der Waals surface area contributed by atoms with Crippen molar-refractivity contribution in [3.63, 3.8) is 0 Å². The lowest BCUT2D eigenvalue weighted by atomic mass is 9.95. The van der Waals surface area contributed by atoms with Gasteiger partial charge < -0.3 is 19.9 Å². The molecule has 0 unspecified atom stereocenters. The number of hydrogen-bond acceptors (Lipinski definition) is 5. The molecule has 6 heteroatoms. The third kappa shape index (κ3) is 4.81. The number of piperazine rings is 1. The molecule has 1 aliphatic heterocycles. The Morgan fingerprint density at radius 3 is 2.34 bits per heavy atom. The fourth-order valence-electron chi connectivity index (χ4n) is 4.22. The minimum absolute atomic E-state index is 0.0457. The van der Waals surface area contributed by atoms with Crippen LogP contribution >= 0.6 is 0 Å². The summed E-state index contributed by atoms with van der Waals surface area (Å²) in [7, 11) is 1.68.